The SMILES string of the molecule is COc1ccc(C2=NN(c3ccccc3)C(c3c(C)nn(-c4ccccc4)c3Oc3ccccc3)C2)cc1. The van der Waals surface area contributed by atoms with Crippen LogP contribution >= 0.6 is 0 Å². The van der Waals surface area contributed by atoms with E-state index in [1.807, 2.05) is 103 Å². The monoisotopic (exact) mass is 500 g/mol. The summed E-state index contributed by atoms with van der Waals surface area (Å²) in [5, 5.41) is 12.2. The van der Waals surface area contributed by atoms with Crippen molar-refractivity contribution in [1.82, 2.24) is 9.78 Å². The van der Waals surface area contributed by atoms with Crippen molar-refractivity contribution in [2.75, 3.05) is 12.1 Å². The number of ether oxygens (including phenoxy) is 2. The van der Waals surface area contributed by atoms with Gasteiger partial charge in [0.25, 0.3) is 0 Å². The number of para-hydroxylation sites is 3. The van der Waals surface area contributed by atoms with Gasteiger partial charge in [0.15, 0.2) is 0 Å². The van der Waals surface area contributed by atoms with Gasteiger partial charge >= 0.3 is 0 Å². The summed E-state index contributed by atoms with van der Waals surface area (Å²) < 4.78 is 13.9. The Kier molecular flexibility index (Phi) is 6.36. The first-order chi connectivity index (χ1) is 18.7. The summed E-state index contributed by atoms with van der Waals surface area (Å²) in [7, 11) is 1.68. The van der Waals surface area contributed by atoms with Crippen molar-refractivity contribution in [3.63, 3.8) is 0 Å². The van der Waals surface area contributed by atoms with Gasteiger partial charge < -0.3 is 9.47 Å². The van der Waals surface area contributed by atoms with E-state index in [1.165, 1.54) is 0 Å². The summed E-state index contributed by atoms with van der Waals surface area (Å²) in [4.78, 5) is 0. The molecule has 0 N–H and O–H groups in total. The summed E-state index contributed by atoms with van der Waals surface area (Å²) in [5.74, 6) is 2.27. The van der Waals surface area contributed by atoms with Gasteiger partial charge in [0.1, 0.15) is 11.5 Å². The van der Waals surface area contributed by atoms with E-state index < -0.39 is 0 Å². The van der Waals surface area contributed by atoms with Crippen LogP contribution in [-0.4, -0.2) is 22.6 Å². The molecule has 188 valence electrons. The summed E-state index contributed by atoms with van der Waals surface area (Å²) in [6.07, 6.45) is 0.702. The van der Waals surface area contributed by atoms with Crippen LogP contribution in [0.2, 0.25) is 0 Å². The number of hydrazone groups is 1. The van der Waals surface area contributed by atoms with E-state index in [-0.39, 0.29) is 6.04 Å². The Morgan fingerprint density at radius 3 is 1.95 bits per heavy atom. The quantitative estimate of drug-likeness (QED) is 0.235. The van der Waals surface area contributed by atoms with Gasteiger partial charge in [0.05, 0.1) is 41.5 Å². The van der Waals surface area contributed by atoms with Gasteiger partial charge in [-0.05, 0) is 73.2 Å². The highest BCUT2D eigenvalue weighted by atomic mass is 16.5. The molecule has 1 atom stereocenters. The number of rotatable bonds is 7. The molecule has 0 fully saturated rings. The van der Waals surface area contributed by atoms with Gasteiger partial charge in [0, 0.05) is 6.42 Å². The van der Waals surface area contributed by atoms with Crippen LogP contribution < -0.4 is 14.5 Å². The number of aromatic nitrogens is 2. The van der Waals surface area contributed by atoms with Crippen LogP contribution in [0, 0.1) is 6.92 Å². The number of aryl methyl sites for hydroxylation is 1. The number of hydrogen-bond donors (Lipinski definition) is 0. The highest BCUT2D eigenvalue weighted by Gasteiger charge is 2.36. The third-order valence-electron chi connectivity index (χ3n) is 6.71. The van der Waals surface area contributed by atoms with Crippen LogP contribution in [0.5, 0.6) is 17.4 Å². The minimum atomic E-state index is -0.106. The second-order valence-corrected chi connectivity index (χ2v) is 9.14. The molecule has 0 amide bonds. The van der Waals surface area contributed by atoms with Gasteiger partial charge in [0.2, 0.25) is 5.88 Å². The van der Waals surface area contributed by atoms with Crippen molar-refractivity contribution >= 4 is 11.4 Å². The molecule has 6 rings (SSSR count). The minimum Gasteiger partial charge on any atom is -0.497 e. The molecule has 0 radical (unpaired) electrons. The Labute approximate surface area is 222 Å². The van der Waals surface area contributed by atoms with Crippen molar-refractivity contribution in [3.8, 4) is 23.1 Å². The highest BCUT2D eigenvalue weighted by Crippen LogP contribution is 2.43. The van der Waals surface area contributed by atoms with Crippen LogP contribution in [0.4, 0.5) is 5.69 Å². The molecule has 1 unspecified atom stereocenters. The lowest BCUT2D eigenvalue weighted by Crippen LogP contribution is -2.19. The number of benzene rings is 4. The first-order valence-electron chi connectivity index (χ1n) is 12.7. The molecule has 6 heteroatoms. The summed E-state index contributed by atoms with van der Waals surface area (Å²) in [6.45, 7) is 2.04. The number of anilines is 1. The van der Waals surface area contributed by atoms with Crippen molar-refractivity contribution in [2.45, 2.75) is 19.4 Å². The van der Waals surface area contributed by atoms with Gasteiger partial charge in [-0.25, -0.2) is 4.68 Å². The summed E-state index contributed by atoms with van der Waals surface area (Å²) >= 11 is 0. The molecule has 38 heavy (non-hydrogen) atoms. The van der Waals surface area contributed by atoms with Crippen molar-refractivity contribution < 1.29 is 9.47 Å². The van der Waals surface area contributed by atoms with Crippen molar-refractivity contribution in [1.29, 1.82) is 0 Å². The lowest BCUT2D eigenvalue weighted by atomic mass is 9.98. The molecule has 0 spiro atoms. The van der Waals surface area contributed by atoms with Crippen LogP contribution in [0.15, 0.2) is 120 Å². The van der Waals surface area contributed by atoms with Crippen molar-refractivity contribution in [3.05, 3.63) is 132 Å². The molecule has 5 aromatic rings. The summed E-state index contributed by atoms with van der Waals surface area (Å²) in [5.41, 5.74) is 5.92. The smallest absolute Gasteiger partial charge is 0.228 e. The maximum Gasteiger partial charge on any atom is 0.228 e. The van der Waals surface area contributed by atoms with Gasteiger partial charge in [-0.15, -0.1) is 0 Å². The zero-order valence-electron chi connectivity index (χ0n) is 21.4. The predicted octanol–water partition coefficient (Wildman–Crippen LogP) is 7.34. The first-order valence-corrected chi connectivity index (χ1v) is 12.7. The van der Waals surface area contributed by atoms with E-state index in [0.29, 0.717) is 12.3 Å². The van der Waals surface area contributed by atoms with Crippen LogP contribution in [0.25, 0.3) is 5.69 Å². The number of hydrogen-bond acceptors (Lipinski definition) is 5. The normalized spacial score (nSPS) is 14.8. The maximum absolute atomic E-state index is 6.59. The molecule has 1 aromatic heterocycles. The molecule has 1 aliphatic rings. The van der Waals surface area contributed by atoms with E-state index in [2.05, 4.69) is 29.3 Å². The van der Waals surface area contributed by atoms with E-state index in [0.717, 1.165) is 45.4 Å². The minimum absolute atomic E-state index is 0.106. The molecule has 0 saturated carbocycles. The third-order valence-corrected chi connectivity index (χ3v) is 6.71. The lowest BCUT2D eigenvalue weighted by Gasteiger charge is -2.24. The average molecular weight is 501 g/mol. The standard InChI is InChI=1S/C32H28N4O2/c1-23-31(32(38-28-16-10-5-11-17-28)36(33-23)26-14-8-4-9-15-26)30-22-29(24-18-20-27(37-2)21-19-24)34-35(30)25-12-6-3-7-13-25/h3-21,30H,22H2,1-2H3. The van der Waals surface area contributed by atoms with Crippen LogP contribution in [0.1, 0.15) is 29.3 Å². The topological polar surface area (TPSA) is 51.9 Å². The molecule has 0 saturated heterocycles. The zero-order valence-corrected chi connectivity index (χ0v) is 21.4. The Morgan fingerprint density at radius 1 is 0.711 bits per heavy atom. The van der Waals surface area contributed by atoms with Crippen LogP contribution in [0.3, 0.4) is 0 Å². The van der Waals surface area contributed by atoms with Gasteiger partial charge in [-0.1, -0.05) is 54.6 Å². The Morgan fingerprint density at radius 2 is 1.32 bits per heavy atom. The number of methoxy groups -OCH3 is 1. The van der Waals surface area contributed by atoms with E-state index >= 15 is 0 Å². The Balaban J connectivity index is 1.48. The average Bonchev–Trinajstić information content (AvgIpc) is 3.55. The van der Waals surface area contributed by atoms with E-state index in [4.69, 9.17) is 19.7 Å². The fourth-order valence-corrected chi connectivity index (χ4v) is 4.86. The molecule has 4 aromatic carbocycles. The third kappa shape index (κ3) is 4.52. The molecule has 0 aliphatic carbocycles. The summed E-state index contributed by atoms with van der Waals surface area (Å²) in [6, 6.07) is 38.2. The van der Waals surface area contributed by atoms with E-state index in [1.54, 1.807) is 7.11 Å². The van der Waals surface area contributed by atoms with Gasteiger partial charge in [-0.3, -0.25) is 5.01 Å². The second kappa shape index (κ2) is 10.3. The highest BCUT2D eigenvalue weighted by molar-refractivity contribution is 6.03. The molecule has 6 nitrogen and oxygen atoms in total. The molecule has 1 aliphatic heterocycles. The maximum atomic E-state index is 6.59. The second-order valence-electron chi connectivity index (χ2n) is 9.14. The molecule has 2 heterocycles. The Hall–Kier alpha value is -4.84. The number of nitrogens with zero attached hydrogens (tertiary/aromatic N) is 4. The van der Waals surface area contributed by atoms with Crippen LogP contribution in [-0.2, 0) is 0 Å². The van der Waals surface area contributed by atoms with Gasteiger partial charge in [-0.2, -0.15) is 10.2 Å². The largest absolute Gasteiger partial charge is 0.497 e. The van der Waals surface area contributed by atoms with Crippen molar-refractivity contribution in [2.24, 2.45) is 5.10 Å². The lowest BCUT2D eigenvalue weighted by molar-refractivity contribution is 0.415. The zero-order chi connectivity index (χ0) is 25.9. The first kappa shape index (κ1) is 23.6. The molecular formula is C32H28N4O2. The predicted molar refractivity (Wildman–Crippen MR) is 151 cm³/mol. The van der Waals surface area contributed by atoms with E-state index in [9.17, 15) is 0 Å². The molecule has 0 bridgehead atoms. The fraction of sp³-hybridized carbons (Fsp3) is 0.125. The molecular weight excluding hydrogens is 472 g/mol. The Bertz CT molecular complexity index is 1550. The fourth-order valence-electron chi connectivity index (χ4n) is 4.86.